The fraction of sp³-hybridized carbons (Fsp3) is 0.417. The van der Waals surface area contributed by atoms with Crippen molar-refractivity contribution in [3.05, 3.63) is 29.0 Å². The summed E-state index contributed by atoms with van der Waals surface area (Å²) in [7, 11) is 0. The van der Waals surface area contributed by atoms with Gasteiger partial charge in [-0.25, -0.2) is 4.39 Å². The third-order valence-electron chi connectivity index (χ3n) is 2.11. The molecule has 1 aromatic carbocycles. The quantitative estimate of drug-likeness (QED) is 0.825. The Balaban J connectivity index is 2.58. The average Bonchev–Trinajstić information content (AvgIpc) is 2.23. The molecule has 0 radical (unpaired) electrons. The average molecular weight is 260 g/mol. The summed E-state index contributed by atoms with van der Waals surface area (Å²) in [4.78, 5) is 11.2. The molecule has 17 heavy (non-hydrogen) atoms. The zero-order valence-corrected chi connectivity index (χ0v) is 10.6. The molecule has 1 atom stereocenters. The number of nitrogens with one attached hydrogen (secondary N) is 1. The molecule has 0 aliphatic carbocycles. The molecule has 0 amide bonds. The van der Waals surface area contributed by atoms with Crippen LogP contribution in [0.15, 0.2) is 18.2 Å². The summed E-state index contributed by atoms with van der Waals surface area (Å²) in [6, 6.07) is 3.87. The SMILES string of the molecule is CCOC(=O)CC(C)Nc1cc(F)ccc1Cl. The molecule has 1 unspecified atom stereocenters. The largest absolute Gasteiger partial charge is 0.466 e. The Kier molecular flexibility index (Phi) is 5.22. The minimum atomic E-state index is -0.375. The first-order chi connectivity index (χ1) is 8.02. The predicted molar refractivity (Wildman–Crippen MR) is 65.7 cm³/mol. The Labute approximate surface area is 105 Å². The number of ether oxygens (including phenoxy) is 1. The minimum absolute atomic E-state index is 0.173. The summed E-state index contributed by atoms with van der Waals surface area (Å²) in [6.07, 6.45) is 0.209. The smallest absolute Gasteiger partial charge is 0.307 e. The van der Waals surface area contributed by atoms with Gasteiger partial charge in [0.15, 0.2) is 0 Å². The van der Waals surface area contributed by atoms with Gasteiger partial charge < -0.3 is 10.1 Å². The van der Waals surface area contributed by atoms with Gasteiger partial charge in [-0.1, -0.05) is 11.6 Å². The van der Waals surface area contributed by atoms with Crippen molar-refractivity contribution < 1.29 is 13.9 Å². The first-order valence-corrected chi connectivity index (χ1v) is 5.78. The number of benzene rings is 1. The molecule has 0 fully saturated rings. The van der Waals surface area contributed by atoms with Gasteiger partial charge in [-0.2, -0.15) is 0 Å². The van der Waals surface area contributed by atoms with Crippen molar-refractivity contribution in [1.82, 2.24) is 0 Å². The van der Waals surface area contributed by atoms with Crippen LogP contribution < -0.4 is 5.32 Å². The van der Waals surface area contributed by atoms with Gasteiger partial charge >= 0.3 is 5.97 Å². The number of halogens is 2. The van der Waals surface area contributed by atoms with Crippen LogP contribution in [0, 0.1) is 5.82 Å². The van der Waals surface area contributed by atoms with E-state index in [0.717, 1.165) is 0 Å². The van der Waals surface area contributed by atoms with E-state index in [1.54, 1.807) is 13.8 Å². The Hall–Kier alpha value is -1.29. The van der Waals surface area contributed by atoms with Gasteiger partial charge in [-0.3, -0.25) is 4.79 Å². The maximum absolute atomic E-state index is 13.0. The molecule has 0 bridgehead atoms. The van der Waals surface area contributed by atoms with Crippen LogP contribution in [0.25, 0.3) is 0 Å². The van der Waals surface area contributed by atoms with Gasteiger partial charge in [0.1, 0.15) is 5.82 Å². The second-order valence-electron chi connectivity index (χ2n) is 3.68. The van der Waals surface area contributed by atoms with Gasteiger partial charge in [-0.05, 0) is 32.0 Å². The Morgan fingerprint density at radius 1 is 1.59 bits per heavy atom. The number of esters is 1. The molecule has 0 heterocycles. The minimum Gasteiger partial charge on any atom is -0.466 e. The normalized spacial score (nSPS) is 12.0. The van der Waals surface area contributed by atoms with E-state index in [2.05, 4.69) is 5.32 Å². The van der Waals surface area contributed by atoms with Crippen LogP contribution in [0.3, 0.4) is 0 Å². The highest BCUT2D eigenvalue weighted by atomic mass is 35.5. The second-order valence-corrected chi connectivity index (χ2v) is 4.09. The van der Waals surface area contributed by atoms with Gasteiger partial charge in [0.2, 0.25) is 0 Å². The second kappa shape index (κ2) is 6.45. The van der Waals surface area contributed by atoms with E-state index in [1.165, 1.54) is 18.2 Å². The van der Waals surface area contributed by atoms with E-state index in [9.17, 15) is 9.18 Å². The molecule has 5 heteroatoms. The number of hydrogen-bond donors (Lipinski definition) is 1. The number of carbonyl (C=O) groups excluding carboxylic acids is 1. The maximum atomic E-state index is 13.0. The topological polar surface area (TPSA) is 38.3 Å². The van der Waals surface area contributed by atoms with Crippen molar-refractivity contribution >= 4 is 23.3 Å². The fourth-order valence-corrected chi connectivity index (χ4v) is 1.57. The van der Waals surface area contributed by atoms with Crippen LogP contribution in [0.5, 0.6) is 0 Å². The highest BCUT2D eigenvalue weighted by Gasteiger charge is 2.11. The lowest BCUT2D eigenvalue weighted by atomic mass is 10.2. The Bertz CT molecular complexity index is 398. The van der Waals surface area contributed by atoms with Crippen LogP contribution >= 0.6 is 11.6 Å². The van der Waals surface area contributed by atoms with E-state index in [-0.39, 0.29) is 24.2 Å². The third kappa shape index (κ3) is 4.61. The molecule has 3 nitrogen and oxygen atoms in total. The summed E-state index contributed by atoms with van der Waals surface area (Å²) in [5.74, 6) is -0.666. The first-order valence-electron chi connectivity index (χ1n) is 5.40. The maximum Gasteiger partial charge on any atom is 0.307 e. The van der Waals surface area contributed by atoms with E-state index in [4.69, 9.17) is 16.3 Å². The molecule has 1 rings (SSSR count). The lowest BCUT2D eigenvalue weighted by Crippen LogP contribution is -2.21. The van der Waals surface area contributed by atoms with E-state index in [0.29, 0.717) is 17.3 Å². The van der Waals surface area contributed by atoms with Crippen molar-refractivity contribution in [2.75, 3.05) is 11.9 Å². The van der Waals surface area contributed by atoms with Gasteiger partial charge in [0, 0.05) is 6.04 Å². The van der Waals surface area contributed by atoms with Crippen molar-refractivity contribution in [1.29, 1.82) is 0 Å². The predicted octanol–water partition coefficient (Wildman–Crippen LogP) is 3.23. The van der Waals surface area contributed by atoms with Crippen LogP contribution in [-0.4, -0.2) is 18.6 Å². The molecule has 0 aromatic heterocycles. The zero-order valence-electron chi connectivity index (χ0n) is 9.80. The number of rotatable bonds is 5. The Morgan fingerprint density at radius 3 is 2.94 bits per heavy atom. The summed E-state index contributed by atoms with van der Waals surface area (Å²) in [5.41, 5.74) is 0.475. The van der Waals surface area contributed by atoms with Crippen molar-refractivity contribution in [2.24, 2.45) is 0 Å². The molecule has 0 saturated heterocycles. The highest BCUT2D eigenvalue weighted by molar-refractivity contribution is 6.33. The fourth-order valence-electron chi connectivity index (χ4n) is 1.39. The summed E-state index contributed by atoms with van der Waals surface area (Å²) in [6.45, 7) is 3.91. The van der Waals surface area contributed by atoms with Crippen molar-refractivity contribution in [3.8, 4) is 0 Å². The van der Waals surface area contributed by atoms with Gasteiger partial charge in [0.25, 0.3) is 0 Å². The van der Waals surface area contributed by atoms with Crippen LogP contribution in [0.2, 0.25) is 5.02 Å². The first kappa shape index (κ1) is 13.8. The molecule has 1 N–H and O–H groups in total. The van der Waals surface area contributed by atoms with Crippen LogP contribution in [0.1, 0.15) is 20.3 Å². The van der Waals surface area contributed by atoms with E-state index >= 15 is 0 Å². The monoisotopic (exact) mass is 259 g/mol. The molecule has 0 aliphatic heterocycles. The third-order valence-corrected chi connectivity index (χ3v) is 2.44. The zero-order chi connectivity index (χ0) is 12.8. The lowest BCUT2D eigenvalue weighted by molar-refractivity contribution is -0.143. The summed E-state index contributed by atoms with van der Waals surface area (Å²) >= 11 is 5.89. The molecule has 0 saturated carbocycles. The molecular formula is C12H15ClFNO2. The van der Waals surface area contributed by atoms with Crippen LogP contribution in [-0.2, 0) is 9.53 Å². The molecule has 1 aromatic rings. The van der Waals surface area contributed by atoms with Gasteiger partial charge in [0.05, 0.1) is 23.7 Å². The molecule has 0 spiro atoms. The number of hydrogen-bond acceptors (Lipinski definition) is 3. The van der Waals surface area contributed by atoms with Crippen LogP contribution in [0.4, 0.5) is 10.1 Å². The standard InChI is InChI=1S/C12H15ClFNO2/c1-3-17-12(16)6-8(2)15-11-7-9(14)4-5-10(11)13/h4-5,7-8,15H,3,6H2,1-2H3. The number of carbonyl (C=O) groups is 1. The lowest BCUT2D eigenvalue weighted by Gasteiger charge is -2.15. The number of anilines is 1. The molecular weight excluding hydrogens is 245 g/mol. The Morgan fingerprint density at radius 2 is 2.29 bits per heavy atom. The molecule has 0 aliphatic rings. The van der Waals surface area contributed by atoms with Crippen molar-refractivity contribution in [3.63, 3.8) is 0 Å². The summed E-state index contributed by atoms with van der Waals surface area (Å²) < 4.78 is 17.8. The summed E-state index contributed by atoms with van der Waals surface area (Å²) in [5, 5.41) is 3.39. The molecule has 94 valence electrons. The van der Waals surface area contributed by atoms with E-state index in [1.807, 2.05) is 0 Å². The highest BCUT2D eigenvalue weighted by Crippen LogP contribution is 2.23. The van der Waals surface area contributed by atoms with E-state index < -0.39 is 0 Å². The van der Waals surface area contributed by atoms with Gasteiger partial charge in [-0.15, -0.1) is 0 Å². The van der Waals surface area contributed by atoms with Crippen molar-refractivity contribution in [2.45, 2.75) is 26.3 Å².